The van der Waals surface area contributed by atoms with Gasteiger partial charge in [0.25, 0.3) is 0 Å². The molecule has 1 N–H and O–H groups in total. The Kier molecular flexibility index (Phi) is 4.23. The zero-order valence-electron chi connectivity index (χ0n) is 11.9. The van der Waals surface area contributed by atoms with E-state index in [2.05, 4.69) is 11.9 Å². The van der Waals surface area contributed by atoms with E-state index in [4.69, 9.17) is 11.6 Å². The molecule has 3 aromatic rings. The van der Waals surface area contributed by atoms with E-state index < -0.39 is 6.10 Å². The Balaban J connectivity index is 1.90. The van der Waals surface area contributed by atoms with Crippen molar-refractivity contribution in [2.24, 2.45) is 0 Å². The Labute approximate surface area is 134 Å². The minimum absolute atomic E-state index is 0.679. The van der Waals surface area contributed by atoms with E-state index in [0.717, 1.165) is 27.7 Å². The van der Waals surface area contributed by atoms with E-state index in [0.29, 0.717) is 5.02 Å². The van der Waals surface area contributed by atoms with Crippen molar-refractivity contribution >= 4 is 34.7 Å². The highest BCUT2D eigenvalue weighted by molar-refractivity contribution is 6.31. The van der Waals surface area contributed by atoms with Gasteiger partial charge in [0.05, 0.1) is 17.3 Å². The lowest BCUT2D eigenvalue weighted by Gasteiger charge is -2.04. The monoisotopic (exact) mass is 308 g/mol. The third-order valence-electron chi connectivity index (χ3n) is 3.42. The number of halogens is 1. The first kappa shape index (κ1) is 14.8. The molecule has 0 saturated carbocycles. The van der Waals surface area contributed by atoms with E-state index in [1.807, 2.05) is 66.7 Å². The Morgan fingerprint density at radius 2 is 1.86 bits per heavy atom. The molecule has 1 heterocycles. The van der Waals surface area contributed by atoms with Crippen LogP contribution in [0.4, 0.5) is 0 Å². The molecule has 1 unspecified atom stereocenters. The zero-order chi connectivity index (χ0) is 15.5. The first-order chi connectivity index (χ1) is 10.6. The number of aromatic nitrogens is 1. The fraction of sp³-hybridized carbons (Fsp3) is 0.0526. The predicted octanol–water partition coefficient (Wildman–Crippen LogP) is 4.93. The van der Waals surface area contributed by atoms with Gasteiger partial charge in [-0.2, -0.15) is 0 Å². The van der Waals surface area contributed by atoms with Crippen LogP contribution in [-0.2, 0) is 0 Å². The molecule has 0 fully saturated rings. The Bertz CT molecular complexity index is 840. The molecule has 1 radical (unpaired) electrons. The molecule has 0 bridgehead atoms. The van der Waals surface area contributed by atoms with Crippen molar-refractivity contribution in [3.8, 4) is 0 Å². The van der Waals surface area contributed by atoms with Crippen molar-refractivity contribution in [3.05, 3.63) is 83.4 Å². The molecule has 2 nitrogen and oxygen atoms in total. The second-order valence-electron chi connectivity index (χ2n) is 5.09. The number of benzene rings is 2. The lowest BCUT2D eigenvalue weighted by Crippen LogP contribution is -1.90. The lowest BCUT2D eigenvalue weighted by molar-refractivity contribution is 0.226. The molecule has 2 aromatic carbocycles. The van der Waals surface area contributed by atoms with Crippen LogP contribution in [0.5, 0.6) is 0 Å². The van der Waals surface area contributed by atoms with E-state index in [1.54, 1.807) is 0 Å². The van der Waals surface area contributed by atoms with Crippen LogP contribution >= 0.6 is 11.6 Å². The summed E-state index contributed by atoms with van der Waals surface area (Å²) < 4.78 is 0. The minimum Gasteiger partial charge on any atom is -0.388 e. The normalized spacial score (nSPS) is 12.9. The molecule has 0 amide bonds. The average molecular weight is 309 g/mol. The van der Waals surface area contributed by atoms with Gasteiger partial charge in [0.2, 0.25) is 0 Å². The Hall–Kier alpha value is -2.16. The number of fused-ring (bicyclic) bond motifs is 1. The van der Waals surface area contributed by atoms with Crippen LogP contribution in [0.25, 0.3) is 23.1 Å². The van der Waals surface area contributed by atoms with Crippen LogP contribution in [-0.4, -0.2) is 10.1 Å². The van der Waals surface area contributed by atoms with Gasteiger partial charge in [0.15, 0.2) is 0 Å². The number of pyridine rings is 1. The Morgan fingerprint density at radius 1 is 1.05 bits per heavy atom. The molecular formula is C19H15ClNO. The summed E-state index contributed by atoms with van der Waals surface area (Å²) in [6.45, 7) is 3.62. The highest BCUT2D eigenvalue weighted by Crippen LogP contribution is 2.19. The van der Waals surface area contributed by atoms with Crippen molar-refractivity contribution < 1.29 is 5.11 Å². The smallest absolute Gasteiger partial charge is 0.0791 e. The summed E-state index contributed by atoms with van der Waals surface area (Å²) in [5.41, 5.74) is 3.51. The van der Waals surface area contributed by atoms with Gasteiger partial charge in [-0.1, -0.05) is 48.0 Å². The second kappa shape index (κ2) is 6.30. The second-order valence-corrected chi connectivity index (χ2v) is 5.53. The number of aliphatic hydroxyl groups excluding tert-OH is 1. The molecule has 109 valence electrons. The van der Waals surface area contributed by atoms with E-state index in [9.17, 15) is 5.11 Å². The van der Waals surface area contributed by atoms with E-state index in [-0.39, 0.29) is 0 Å². The molecule has 1 atom stereocenters. The highest BCUT2D eigenvalue weighted by Gasteiger charge is 2.00. The molecule has 1 aromatic heterocycles. The van der Waals surface area contributed by atoms with Crippen molar-refractivity contribution in [1.29, 1.82) is 0 Å². The van der Waals surface area contributed by atoms with Gasteiger partial charge in [-0.15, -0.1) is 0 Å². The fourth-order valence-electron chi connectivity index (χ4n) is 2.25. The highest BCUT2D eigenvalue weighted by atomic mass is 35.5. The zero-order valence-corrected chi connectivity index (χ0v) is 12.7. The van der Waals surface area contributed by atoms with E-state index in [1.165, 1.54) is 0 Å². The van der Waals surface area contributed by atoms with Crippen LogP contribution in [0, 0.1) is 6.92 Å². The third-order valence-corrected chi connectivity index (χ3v) is 3.65. The minimum atomic E-state index is -0.714. The number of nitrogens with zero attached hydrogens (tertiary/aromatic N) is 1. The number of hydrogen-bond donors (Lipinski definition) is 1. The summed E-state index contributed by atoms with van der Waals surface area (Å²) in [4.78, 5) is 4.58. The largest absolute Gasteiger partial charge is 0.388 e. The first-order valence-electron chi connectivity index (χ1n) is 6.97. The van der Waals surface area contributed by atoms with Crippen molar-refractivity contribution in [1.82, 2.24) is 4.98 Å². The topological polar surface area (TPSA) is 33.1 Å². The molecule has 0 aliphatic rings. The van der Waals surface area contributed by atoms with Gasteiger partial charge in [-0.05, 0) is 48.4 Å². The van der Waals surface area contributed by atoms with Crippen molar-refractivity contribution in [2.75, 3.05) is 0 Å². The average Bonchev–Trinajstić information content (AvgIpc) is 2.52. The molecule has 0 spiro atoms. The maximum absolute atomic E-state index is 9.52. The number of rotatable bonds is 3. The van der Waals surface area contributed by atoms with Gasteiger partial charge < -0.3 is 5.11 Å². The summed E-state index contributed by atoms with van der Waals surface area (Å²) in [6.07, 6.45) is 3.19. The number of hydrogen-bond acceptors (Lipinski definition) is 2. The number of aliphatic hydroxyl groups is 1. The van der Waals surface area contributed by atoms with Crippen molar-refractivity contribution in [2.45, 2.75) is 6.10 Å². The van der Waals surface area contributed by atoms with Crippen LogP contribution in [0.15, 0.2) is 54.6 Å². The molecule has 0 saturated heterocycles. The third kappa shape index (κ3) is 3.35. The van der Waals surface area contributed by atoms with Crippen LogP contribution in [0.3, 0.4) is 0 Å². The summed E-state index contributed by atoms with van der Waals surface area (Å²) in [7, 11) is 0. The molecule has 22 heavy (non-hydrogen) atoms. The van der Waals surface area contributed by atoms with E-state index >= 15 is 0 Å². The van der Waals surface area contributed by atoms with Gasteiger partial charge in [0, 0.05) is 10.4 Å². The Morgan fingerprint density at radius 3 is 2.68 bits per heavy atom. The quantitative estimate of drug-likeness (QED) is 0.744. The standard InChI is InChI=1S/C19H15ClNO/c1-13(22)16-4-2-3-14(11-16)5-9-18-10-7-15-6-8-17(20)12-19(15)21-18/h2-13,22H,1H2/b9-5+. The lowest BCUT2D eigenvalue weighted by atomic mass is 10.1. The molecular weight excluding hydrogens is 294 g/mol. The molecule has 0 aliphatic heterocycles. The predicted molar refractivity (Wildman–Crippen MR) is 92.4 cm³/mol. The van der Waals surface area contributed by atoms with Gasteiger partial charge in [0.1, 0.15) is 0 Å². The molecule has 0 aliphatic carbocycles. The SMILES string of the molecule is [CH2]C(O)c1cccc(/C=C/c2ccc3ccc(Cl)cc3n2)c1. The molecule has 3 heteroatoms. The molecule has 3 rings (SSSR count). The summed E-state index contributed by atoms with van der Waals surface area (Å²) in [5.74, 6) is 0. The van der Waals surface area contributed by atoms with Crippen LogP contribution in [0.2, 0.25) is 5.02 Å². The van der Waals surface area contributed by atoms with Crippen LogP contribution < -0.4 is 0 Å². The van der Waals surface area contributed by atoms with Crippen LogP contribution in [0.1, 0.15) is 22.9 Å². The van der Waals surface area contributed by atoms with Crippen molar-refractivity contribution in [3.63, 3.8) is 0 Å². The van der Waals surface area contributed by atoms with Gasteiger partial charge in [-0.3, -0.25) is 0 Å². The summed E-state index contributed by atoms with van der Waals surface area (Å²) in [6, 6.07) is 17.3. The summed E-state index contributed by atoms with van der Waals surface area (Å²) >= 11 is 6.00. The maximum Gasteiger partial charge on any atom is 0.0791 e. The summed E-state index contributed by atoms with van der Waals surface area (Å²) in [5, 5.41) is 11.3. The fourth-order valence-corrected chi connectivity index (χ4v) is 2.42. The first-order valence-corrected chi connectivity index (χ1v) is 7.35. The van der Waals surface area contributed by atoms with Gasteiger partial charge in [-0.25, -0.2) is 4.98 Å². The maximum atomic E-state index is 9.52. The van der Waals surface area contributed by atoms with Gasteiger partial charge >= 0.3 is 0 Å².